The van der Waals surface area contributed by atoms with Crippen molar-refractivity contribution < 1.29 is 13.7 Å². The fourth-order valence-electron chi connectivity index (χ4n) is 1.91. The van der Waals surface area contributed by atoms with Crippen LogP contribution in [0.5, 0.6) is 0 Å². The quantitative estimate of drug-likeness (QED) is 0.848. The Kier molecular flexibility index (Phi) is 3.69. The molecule has 3 nitrogen and oxygen atoms in total. The molecule has 0 aromatic heterocycles. The Bertz CT molecular complexity index is 492. The molecule has 6 heteroatoms. The van der Waals surface area contributed by atoms with Gasteiger partial charge < -0.3 is 15.0 Å². The average molecular weight is 286 g/mol. The van der Waals surface area contributed by atoms with E-state index in [1.54, 1.807) is 12.1 Å². The molecule has 1 aromatic carbocycles. The minimum Gasteiger partial charge on any atom is -0.399 e. The van der Waals surface area contributed by atoms with Crippen LogP contribution < -0.4 is 11.2 Å². The zero-order valence-corrected chi connectivity index (χ0v) is 12.3. The van der Waals surface area contributed by atoms with Gasteiger partial charge in [0.1, 0.15) is 5.82 Å². The van der Waals surface area contributed by atoms with Crippen molar-refractivity contribution in [3.8, 4) is 0 Å². The Morgan fingerprint density at radius 1 is 1.21 bits per heavy atom. The SMILES string of the molecule is CC1(C)OB(c2ccc(CN)c(Cl)c2F)OC1(C)C. The third-order valence-electron chi connectivity index (χ3n) is 3.92. The number of benzene rings is 1. The molecular formula is C13H18BClFNO2. The molecule has 0 spiro atoms. The summed E-state index contributed by atoms with van der Waals surface area (Å²) in [6.07, 6.45) is 0. The Morgan fingerprint density at radius 3 is 2.21 bits per heavy atom. The van der Waals surface area contributed by atoms with Crippen LogP contribution in [-0.2, 0) is 15.9 Å². The lowest BCUT2D eigenvalue weighted by molar-refractivity contribution is 0.00578. The van der Waals surface area contributed by atoms with Crippen LogP contribution in [0.15, 0.2) is 12.1 Å². The van der Waals surface area contributed by atoms with Crippen LogP contribution in [0, 0.1) is 5.82 Å². The Hall–Kier alpha value is -0.615. The molecule has 1 aromatic rings. The van der Waals surface area contributed by atoms with Gasteiger partial charge in [-0.1, -0.05) is 23.7 Å². The van der Waals surface area contributed by atoms with E-state index >= 15 is 0 Å². The van der Waals surface area contributed by atoms with Crippen molar-refractivity contribution in [2.75, 3.05) is 0 Å². The average Bonchev–Trinajstić information content (AvgIpc) is 2.51. The van der Waals surface area contributed by atoms with Gasteiger partial charge in [-0.05, 0) is 33.3 Å². The van der Waals surface area contributed by atoms with E-state index in [4.69, 9.17) is 26.6 Å². The zero-order chi connectivity index (χ0) is 14.4. The predicted molar refractivity (Wildman–Crippen MR) is 75.0 cm³/mol. The minimum absolute atomic E-state index is 0.0368. The van der Waals surface area contributed by atoms with E-state index in [9.17, 15) is 4.39 Å². The lowest BCUT2D eigenvalue weighted by Crippen LogP contribution is -2.41. The van der Waals surface area contributed by atoms with Crippen molar-refractivity contribution >= 4 is 24.2 Å². The molecule has 1 aliphatic rings. The summed E-state index contributed by atoms with van der Waals surface area (Å²) in [6.45, 7) is 7.86. The maximum atomic E-state index is 14.3. The third-order valence-corrected chi connectivity index (χ3v) is 4.33. The molecule has 0 bridgehead atoms. The fourth-order valence-corrected chi connectivity index (χ4v) is 2.16. The maximum absolute atomic E-state index is 14.3. The van der Waals surface area contributed by atoms with Crippen LogP contribution in [-0.4, -0.2) is 18.3 Å². The van der Waals surface area contributed by atoms with Gasteiger partial charge in [-0.3, -0.25) is 0 Å². The smallest absolute Gasteiger partial charge is 0.399 e. The number of hydrogen-bond acceptors (Lipinski definition) is 3. The Labute approximate surface area is 118 Å². The highest BCUT2D eigenvalue weighted by molar-refractivity contribution is 6.62. The molecule has 2 N–H and O–H groups in total. The number of rotatable bonds is 2. The van der Waals surface area contributed by atoms with Gasteiger partial charge in [-0.25, -0.2) is 4.39 Å². The van der Waals surface area contributed by atoms with E-state index in [1.165, 1.54) is 0 Å². The topological polar surface area (TPSA) is 44.5 Å². The van der Waals surface area contributed by atoms with Crippen LogP contribution in [0.4, 0.5) is 4.39 Å². The molecule has 1 saturated heterocycles. The zero-order valence-electron chi connectivity index (χ0n) is 11.6. The van der Waals surface area contributed by atoms with Gasteiger partial charge in [-0.2, -0.15) is 0 Å². The first-order valence-corrected chi connectivity index (χ1v) is 6.60. The second kappa shape index (κ2) is 4.74. The molecular weight excluding hydrogens is 267 g/mol. The van der Waals surface area contributed by atoms with E-state index in [0.717, 1.165) is 0 Å². The first-order chi connectivity index (χ1) is 8.69. The Balaban J connectivity index is 2.38. The van der Waals surface area contributed by atoms with Gasteiger partial charge in [0.15, 0.2) is 0 Å². The maximum Gasteiger partial charge on any atom is 0.497 e. The largest absolute Gasteiger partial charge is 0.497 e. The van der Waals surface area contributed by atoms with E-state index in [0.29, 0.717) is 11.0 Å². The normalized spacial score (nSPS) is 20.9. The summed E-state index contributed by atoms with van der Waals surface area (Å²) >= 11 is 5.95. The molecule has 0 unspecified atom stereocenters. The summed E-state index contributed by atoms with van der Waals surface area (Å²) in [6, 6.07) is 3.32. The molecule has 1 aliphatic heterocycles. The first kappa shape index (κ1) is 14.8. The molecule has 1 heterocycles. The lowest BCUT2D eigenvalue weighted by Gasteiger charge is -2.32. The highest BCUT2D eigenvalue weighted by atomic mass is 35.5. The highest BCUT2D eigenvalue weighted by Gasteiger charge is 2.52. The molecule has 0 amide bonds. The van der Waals surface area contributed by atoms with Crippen molar-refractivity contribution in [3.05, 3.63) is 28.5 Å². The van der Waals surface area contributed by atoms with E-state index in [1.807, 2.05) is 27.7 Å². The molecule has 0 radical (unpaired) electrons. The molecule has 0 saturated carbocycles. The van der Waals surface area contributed by atoms with E-state index in [-0.39, 0.29) is 11.6 Å². The van der Waals surface area contributed by atoms with Gasteiger partial charge in [0.25, 0.3) is 0 Å². The molecule has 1 fully saturated rings. The van der Waals surface area contributed by atoms with E-state index < -0.39 is 24.1 Å². The number of halogens is 2. The van der Waals surface area contributed by atoms with Crippen molar-refractivity contribution in [1.29, 1.82) is 0 Å². The fraction of sp³-hybridized carbons (Fsp3) is 0.538. The number of hydrogen-bond donors (Lipinski definition) is 1. The predicted octanol–water partition coefficient (Wildman–Crippen LogP) is 2.24. The van der Waals surface area contributed by atoms with Crippen LogP contribution in [0.3, 0.4) is 0 Å². The highest BCUT2D eigenvalue weighted by Crippen LogP contribution is 2.37. The number of nitrogens with two attached hydrogens (primary N) is 1. The van der Waals surface area contributed by atoms with Gasteiger partial charge in [0.2, 0.25) is 0 Å². The van der Waals surface area contributed by atoms with Crippen LogP contribution >= 0.6 is 11.6 Å². The minimum atomic E-state index is -0.755. The lowest BCUT2D eigenvalue weighted by atomic mass is 9.78. The van der Waals surface area contributed by atoms with Crippen LogP contribution in [0.25, 0.3) is 0 Å². The molecule has 104 valence electrons. The summed E-state index contributed by atoms with van der Waals surface area (Å²) < 4.78 is 25.9. The second-order valence-corrected chi connectivity index (χ2v) is 6.11. The summed E-state index contributed by atoms with van der Waals surface area (Å²) in [7, 11) is -0.755. The van der Waals surface area contributed by atoms with Gasteiger partial charge >= 0.3 is 7.12 Å². The molecule has 19 heavy (non-hydrogen) atoms. The van der Waals surface area contributed by atoms with Crippen LogP contribution in [0.1, 0.15) is 33.3 Å². The second-order valence-electron chi connectivity index (χ2n) is 5.73. The standard InChI is InChI=1S/C13H18BClFNO2/c1-12(2)13(3,4)19-14(18-12)9-6-5-8(7-17)10(15)11(9)16/h5-6H,7,17H2,1-4H3. The van der Waals surface area contributed by atoms with Gasteiger partial charge in [0.05, 0.1) is 16.2 Å². The first-order valence-electron chi connectivity index (χ1n) is 6.22. The summed E-state index contributed by atoms with van der Waals surface area (Å²) in [4.78, 5) is 0. The van der Waals surface area contributed by atoms with Crippen molar-refractivity contribution in [2.45, 2.75) is 45.4 Å². The monoisotopic (exact) mass is 285 g/mol. The van der Waals surface area contributed by atoms with Crippen molar-refractivity contribution in [2.24, 2.45) is 5.73 Å². The van der Waals surface area contributed by atoms with Gasteiger partial charge in [0, 0.05) is 12.0 Å². The molecule has 2 rings (SSSR count). The molecule has 0 atom stereocenters. The van der Waals surface area contributed by atoms with Crippen molar-refractivity contribution in [1.82, 2.24) is 0 Å². The molecule has 0 aliphatic carbocycles. The third kappa shape index (κ3) is 2.40. The Morgan fingerprint density at radius 2 is 1.74 bits per heavy atom. The summed E-state index contributed by atoms with van der Waals surface area (Å²) in [5, 5.41) is 0.0368. The van der Waals surface area contributed by atoms with Gasteiger partial charge in [-0.15, -0.1) is 0 Å². The summed E-state index contributed by atoms with van der Waals surface area (Å²) in [5.41, 5.74) is 5.35. The summed E-state index contributed by atoms with van der Waals surface area (Å²) in [5.74, 6) is -0.525. The van der Waals surface area contributed by atoms with Crippen LogP contribution in [0.2, 0.25) is 5.02 Å². The van der Waals surface area contributed by atoms with Crippen molar-refractivity contribution in [3.63, 3.8) is 0 Å². The van der Waals surface area contributed by atoms with E-state index in [2.05, 4.69) is 0 Å².